The number of rotatable bonds is 4. The van der Waals surface area contributed by atoms with Gasteiger partial charge in [-0.25, -0.2) is 0 Å². The SMILES string of the molecule is CC(C)(CO)[C@@H](c1ccccc1Cl)N1CCNCC1. The Morgan fingerprint density at radius 2 is 1.95 bits per heavy atom. The topological polar surface area (TPSA) is 35.5 Å². The number of hydrogen-bond acceptors (Lipinski definition) is 3. The summed E-state index contributed by atoms with van der Waals surface area (Å²) in [5.74, 6) is 0. The number of halogens is 1. The largest absolute Gasteiger partial charge is 0.396 e. The second-order valence-corrected chi connectivity index (χ2v) is 6.26. The van der Waals surface area contributed by atoms with Crippen molar-refractivity contribution in [1.82, 2.24) is 10.2 Å². The zero-order valence-corrected chi connectivity index (χ0v) is 12.5. The quantitative estimate of drug-likeness (QED) is 0.890. The molecule has 1 atom stereocenters. The molecular weight excluding hydrogens is 260 g/mol. The van der Waals surface area contributed by atoms with Gasteiger partial charge in [-0.1, -0.05) is 43.6 Å². The molecule has 3 nitrogen and oxygen atoms in total. The van der Waals surface area contributed by atoms with Crippen molar-refractivity contribution < 1.29 is 5.11 Å². The van der Waals surface area contributed by atoms with Gasteiger partial charge in [-0.2, -0.15) is 0 Å². The van der Waals surface area contributed by atoms with Gasteiger partial charge in [-0.15, -0.1) is 0 Å². The summed E-state index contributed by atoms with van der Waals surface area (Å²) in [5, 5.41) is 13.9. The fourth-order valence-corrected chi connectivity index (χ4v) is 3.07. The molecule has 2 N–H and O–H groups in total. The molecule has 0 aromatic heterocycles. The lowest BCUT2D eigenvalue weighted by atomic mass is 9.79. The minimum atomic E-state index is -0.220. The lowest BCUT2D eigenvalue weighted by Crippen LogP contribution is -2.49. The highest BCUT2D eigenvalue weighted by Crippen LogP contribution is 2.40. The van der Waals surface area contributed by atoms with Gasteiger partial charge in [0.05, 0.1) is 0 Å². The van der Waals surface area contributed by atoms with E-state index in [1.807, 2.05) is 18.2 Å². The highest BCUT2D eigenvalue weighted by molar-refractivity contribution is 6.31. The summed E-state index contributed by atoms with van der Waals surface area (Å²) in [6, 6.07) is 8.12. The highest BCUT2D eigenvalue weighted by Gasteiger charge is 2.36. The van der Waals surface area contributed by atoms with Gasteiger partial charge in [0, 0.05) is 49.3 Å². The Hall–Kier alpha value is -0.610. The van der Waals surface area contributed by atoms with Crippen LogP contribution in [0.1, 0.15) is 25.5 Å². The zero-order valence-electron chi connectivity index (χ0n) is 11.7. The van der Waals surface area contributed by atoms with Gasteiger partial charge < -0.3 is 10.4 Å². The fraction of sp³-hybridized carbons (Fsp3) is 0.600. The number of hydrogen-bond donors (Lipinski definition) is 2. The third-order valence-corrected chi connectivity index (χ3v) is 4.21. The smallest absolute Gasteiger partial charge is 0.0500 e. The number of benzene rings is 1. The van der Waals surface area contributed by atoms with Crippen molar-refractivity contribution in [2.24, 2.45) is 5.41 Å². The number of nitrogens with zero attached hydrogens (tertiary/aromatic N) is 1. The molecule has 0 bridgehead atoms. The van der Waals surface area contributed by atoms with E-state index in [-0.39, 0.29) is 18.1 Å². The normalized spacial score (nSPS) is 19.4. The first-order chi connectivity index (χ1) is 9.06. The highest BCUT2D eigenvalue weighted by atomic mass is 35.5. The van der Waals surface area contributed by atoms with Crippen molar-refractivity contribution >= 4 is 11.6 Å². The van der Waals surface area contributed by atoms with E-state index < -0.39 is 0 Å². The van der Waals surface area contributed by atoms with Crippen molar-refractivity contribution in [1.29, 1.82) is 0 Å². The molecule has 19 heavy (non-hydrogen) atoms. The van der Waals surface area contributed by atoms with Crippen molar-refractivity contribution in [3.05, 3.63) is 34.9 Å². The second kappa shape index (κ2) is 6.23. The van der Waals surface area contributed by atoms with Crippen LogP contribution in [-0.4, -0.2) is 42.8 Å². The Bertz CT molecular complexity index is 416. The van der Waals surface area contributed by atoms with Crippen molar-refractivity contribution in [3.8, 4) is 0 Å². The summed E-state index contributed by atoms with van der Waals surface area (Å²) >= 11 is 6.38. The Morgan fingerprint density at radius 3 is 2.53 bits per heavy atom. The average molecular weight is 283 g/mol. The molecule has 0 radical (unpaired) electrons. The van der Waals surface area contributed by atoms with Gasteiger partial charge in [-0.3, -0.25) is 4.90 Å². The second-order valence-electron chi connectivity index (χ2n) is 5.86. The predicted molar refractivity (Wildman–Crippen MR) is 79.5 cm³/mol. The molecule has 4 heteroatoms. The Morgan fingerprint density at radius 1 is 1.32 bits per heavy atom. The maximum atomic E-state index is 9.76. The van der Waals surface area contributed by atoms with Gasteiger partial charge >= 0.3 is 0 Å². The first-order valence-corrected chi connectivity index (χ1v) is 7.24. The number of aliphatic hydroxyl groups excluding tert-OH is 1. The van der Waals surface area contributed by atoms with E-state index in [9.17, 15) is 5.11 Å². The van der Waals surface area contributed by atoms with E-state index in [2.05, 4.69) is 30.1 Å². The zero-order chi connectivity index (χ0) is 13.9. The van der Waals surface area contributed by atoms with Crippen LogP contribution in [0.5, 0.6) is 0 Å². The molecule has 1 aliphatic heterocycles. The summed E-state index contributed by atoms with van der Waals surface area (Å²) in [5.41, 5.74) is 0.896. The van der Waals surface area contributed by atoms with Crippen LogP contribution in [0, 0.1) is 5.41 Å². The molecule has 106 valence electrons. The van der Waals surface area contributed by atoms with Crippen LogP contribution in [-0.2, 0) is 0 Å². The maximum Gasteiger partial charge on any atom is 0.0500 e. The predicted octanol–water partition coefficient (Wildman–Crippen LogP) is 2.30. The first kappa shape index (κ1) is 14.8. The monoisotopic (exact) mass is 282 g/mol. The molecule has 0 amide bonds. The molecule has 1 fully saturated rings. The summed E-state index contributed by atoms with van der Waals surface area (Å²) in [6.45, 7) is 8.29. The molecule has 0 saturated carbocycles. The van der Waals surface area contributed by atoms with Gasteiger partial charge in [-0.05, 0) is 11.6 Å². The molecule has 1 aromatic carbocycles. The third-order valence-electron chi connectivity index (χ3n) is 3.86. The van der Waals surface area contributed by atoms with Crippen LogP contribution < -0.4 is 5.32 Å². The van der Waals surface area contributed by atoms with E-state index in [1.165, 1.54) is 0 Å². The van der Waals surface area contributed by atoms with Crippen LogP contribution in [0.25, 0.3) is 0 Å². The molecule has 0 spiro atoms. The van der Waals surface area contributed by atoms with Gasteiger partial charge in [0.2, 0.25) is 0 Å². The molecule has 0 unspecified atom stereocenters. The van der Waals surface area contributed by atoms with E-state index in [0.717, 1.165) is 36.8 Å². The van der Waals surface area contributed by atoms with Gasteiger partial charge in [0.25, 0.3) is 0 Å². The summed E-state index contributed by atoms with van der Waals surface area (Å²) < 4.78 is 0. The van der Waals surface area contributed by atoms with E-state index in [1.54, 1.807) is 0 Å². The first-order valence-electron chi connectivity index (χ1n) is 6.86. The summed E-state index contributed by atoms with van der Waals surface area (Å²) in [6.07, 6.45) is 0. The van der Waals surface area contributed by atoms with Gasteiger partial charge in [0.1, 0.15) is 0 Å². The van der Waals surface area contributed by atoms with E-state index in [4.69, 9.17) is 11.6 Å². The Balaban J connectivity index is 2.36. The van der Waals surface area contributed by atoms with Crippen molar-refractivity contribution in [2.45, 2.75) is 19.9 Å². The van der Waals surface area contributed by atoms with E-state index in [0.29, 0.717) is 0 Å². The minimum Gasteiger partial charge on any atom is -0.396 e. The number of piperazine rings is 1. The minimum absolute atomic E-state index is 0.146. The Kier molecular flexibility index (Phi) is 4.85. The number of nitrogens with one attached hydrogen (secondary N) is 1. The molecular formula is C15H23ClN2O. The molecule has 1 saturated heterocycles. The third kappa shape index (κ3) is 3.29. The van der Waals surface area contributed by atoms with E-state index >= 15 is 0 Å². The summed E-state index contributed by atoms with van der Waals surface area (Å²) in [7, 11) is 0. The number of aliphatic hydroxyl groups is 1. The fourth-order valence-electron chi connectivity index (χ4n) is 2.84. The van der Waals surface area contributed by atoms with Gasteiger partial charge in [0.15, 0.2) is 0 Å². The van der Waals surface area contributed by atoms with Crippen LogP contribution in [0.4, 0.5) is 0 Å². The summed E-state index contributed by atoms with van der Waals surface area (Å²) in [4.78, 5) is 2.42. The molecule has 0 aliphatic carbocycles. The van der Waals surface area contributed by atoms with Crippen LogP contribution in [0.3, 0.4) is 0 Å². The lowest BCUT2D eigenvalue weighted by molar-refractivity contribution is 0.0306. The lowest BCUT2D eigenvalue weighted by Gasteiger charge is -2.43. The van der Waals surface area contributed by atoms with Crippen LogP contribution in [0.15, 0.2) is 24.3 Å². The Labute approximate surface area is 120 Å². The van der Waals surface area contributed by atoms with Crippen LogP contribution in [0.2, 0.25) is 5.02 Å². The maximum absolute atomic E-state index is 9.76. The van der Waals surface area contributed by atoms with Crippen LogP contribution >= 0.6 is 11.6 Å². The van der Waals surface area contributed by atoms with Crippen molar-refractivity contribution in [2.75, 3.05) is 32.8 Å². The molecule has 1 aliphatic rings. The van der Waals surface area contributed by atoms with Crippen molar-refractivity contribution in [3.63, 3.8) is 0 Å². The standard InChI is InChI=1S/C15H23ClN2O/c1-15(2,11-19)14(18-9-7-17-8-10-18)12-5-3-4-6-13(12)16/h3-6,14,17,19H,7-11H2,1-2H3/t14-/m1/s1. The average Bonchev–Trinajstić information content (AvgIpc) is 2.42. The molecule has 2 rings (SSSR count). The molecule has 1 heterocycles. The molecule has 1 aromatic rings.